The van der Waals surface area contributed by atoms with E-state index in [4.69, 9.17) is 4.74 Å². The summed E-state index contributed by atoms with van der Waals surface area (Å²) in [6.45, 7) is 0.299. The van der Waals surface area contributed by atoms with Gasteiger partial charge < -0.3 is 4.74 Å². The van der Waals surface area contributed by atoms with Crippen molar-refractivity contribution in [3.8, 4) is 0 Å². The van der Waals surface area contributed by atoms with E-state index in [0.29, 0.717) is 36.3 Å². The zero-order valence-corrected chi connectivity index (χ0v) is 13.4. The molecule has 0 aromatic carbocycles. The lowest BCUT2D eigenvalue weighted by molar-refractivity contribution is -0.135. The molecule has 2 aliphatic rings. The Morgan fingerprint density at radius 3 is 2.78 bits per heavy atom. The maximum absolute atomic E-state index is 13.0. The molecule has 6 nitrogen and oxygen atoms in total. The van der Waals surface area contributed by atoms with Crippen LogP contribution < -0.4 is 4.31 Å². The van der Waals surface area contributed by atoms with Crippen LogP contribution in [0.2, 0.25) is 0 Å². The average Bonchev–Trinajstić information content (AvgIpc) is 3.01. The summed E-state index contributed by atoms with van der Waals surface area (Å²) in [5, 5.41) is 0. The van der Waals surface area contributed by atoms with E-state index in [1.165, 1.54) is 23.6 Å². The predicted molar refractivity (Wildman–Crippen MR) is 86.0 cm³/mol. The van der Waals surface area contributed by atoms with Gasteiger partial charge in [-0.05, 0) is 30.2 Å². The van der Waals surface area contributed by atoms with Gasteiger partial charge in [0.05, 0.1) is 23.4 Å². The van der Waals surface area contributed by atoms with Crippen molar-refractivity contribution in [1.82, 2.24) is 4.98 Å². The van der Waals surface area contributed by atoms with E-state index < -0.39 is 16.0 Å². The summed E-state index contributed by atoms with van der Waals surface area (Å²) in [7, 11) is -2.31. The third kappa shape index (κ3) is 2.79. The molecule has 7 heteroatoms. The fourth-order valence-electron chi connectivity index (χ4n) is 2.59. The number of esters is 1. The molecule has 3 rings (SSSR count). The molecular formula is C16H16N2O4S. The SMILES string of the molecule is CN(c1cccnc1)S(=O)(=O)C1=CC=CCC1=C1CCOC1=O. The van der Waals surface area contributed by atoms with Crippen molar-refractivity contribution in [3.05, 3.63) is 58.8 Å². The first-order valence-corrected chi connectivity index (χ1v) is 8.61. The third-order valence-electron chi connectivity index (χ3n) is 3.85. The minimum atomic E-state index is -3.79. The highest BCUT2D eigenvalue weighted by molar-refractivity contribution is 7.96. The summed E-state index contributed by atoms with van der Waals surface area (Å²) < 4.78 is 32.1. The minimum Gasteiger partial charge on any atom is -0.462 e. The Hall–Kier alpha value is -2.41. The second-order valence-corrected chi connectivity index (χ2v) is 7.13. The molecule has 0 unspecified atom stereocenters. The number of pyridine rings is 1. The Bertz CT molecular complexity index is 823. The molecule has 2 heterocycles. The molecule has 1 aromatic rings. The first kappa shape index (κ1) is 15.5. The lowest BCUT2D eigenvalue weighted by Crippen LogP contribution is -2.29. The number of rotatable bonds is 3. The molecule has 0 radical (unpaired) electrons. The molecule has 1 aliphatic heterocycles. The maximum atomic E-state index is 13.0. The van der Waals surface area contributed by atoms with Gasteiger partial charge in [-0.3, -0.25) is 9.29 Å². The first-order chi connectivity index (χ1) is 11.0. The van der Waals surface area contributed by atoms with E-state index >= 15 is 0 Å². The molecule has 1 aliphatic carbocycles. The van der Waals surface area contributed by atoms with Crippen LogP contribution in [-0.4, -0.2) is 33.0 Å². The fraction of sp³-hybridized carbons (Fsp3) is 0.250. The summed E-state index contributed by atoms with van der Waals surface area (Å²) >= 11 is 0. The molecule has 0 spiro atoms. The zero-order chi connectivity index (χ0) is 16.4. The number of hydrogen-bond acceptors (Lipinski definition) is 5. The fourth-order valence-corrected chi connectivity index (χ4v) is 4.04. The lowest BCUT2D eigenvalue weighted by Gasteiger charge is -2.23. The highest BCUT2D eigenvalue weighted by atomic mass is 32.2. The summed E-state index contributed by atoms with van der Waals surface area (Å²) in [6.07, 6.45) is 8.94. The second kappa shape index (κ2) is 6.00. The van der Waals surface area contributed by atoms with Crippen molar-refractivity contribution in [3.63, 3.8) is 0 Å². The number of ether oxygens (including phenoxy) is 1. The number of cyclic esters (lactones) is 1. The monoisotopic (exact) mass is 332 g/mol. The van der Waals surface area contributed by atoms with Crippen LogP contribution >= 0.6 is 0 Å². The summed E-state index contributed by atoms with van der Waals surface area (Å²) in [4.78, 5) is 15.9. The standard InChI is InChI=1S/C16H16N2O4S/c1-18(12-5-4-9-17-11-12)23(20,21)15-7-3-2-6-13(15)14-8-10-22-16(14)19/h2-5,7,9,11H,6,8,10H2,1H3. The topological polar surface area (TPSA) is 76.6 Å². The Morgan fingerprint density at radius 1 is 1.30 bits per heavy atom. The maximum Gasteiger partial charge on any atom is 0.334 e. The van der Waals surface area contributed by atoms with E-state index in [0.717, 1.165) is 0 Å². The second-order valence-electron chi connectivity index (χ2n) is 5.19. The quantitative estimate of drug-likeness (QED) is 0.624. The number of anilines is 1. The van der Waals surface area contributed by atoms with Gasteiger partial charge in [-0.2, -0.15) is 0 Å². The van der Waals surface area contributed by atoms with Gasteiger partial charge in [0.1, 0.15) is 0 Å². The molecule has 120 valence electrons. The van der Waals surface area contributed by atoms with E-state index in [2.05, 4.69) is 4.98 Å². The van der Waals surface area contributed by atoms with Crippen molar-refractivity contribution in [1.29, 1.82) is 0 Å². The number of sulfonamides is 1. The van der Waals surface area contributed by atoms with Crippen LogP contribution in [-0.2, 0) is 19.6 Å². The third-order valence-corrected chi connectivity index (χ3v) is 5.72. The Morgan fingerprint density at radius 2 is 2.13 bits per heavy atom. The minimum absolute atomic E-state index is 0.139. The number of hydrogen-bond donors (Lipinski definition) is 0. The molecule has 0 bridgehead atoms. The molecule has 1 fully saturated rings. The van der Waals surface area contributed by atoms with Gasteiger partial charge in [0.15, 0.2) is 0 Å². The van der Waals surface area contributed by atoms with Gasteiger partial charge in [0.2, 0.25) is 0 Å². The van der Waals surface area contributed by atoms with Crippen LogP contribution in [0.3, 0.4) is 0 Å². The van der Waals surface area contributed by atoms with Crippen LogP contribution in [0.1, 0.15) is 12.8 Å². The van der Waals surface area contributed by atoms with Crippen molar-refractivity contribution in [2.75, 3.05) is 18.0 Å². The van der Waals surface area contributed by atoms with Crippen molar-refractivity contribution in [2.45, 2.75) is 12.8 Å². The summed E-state index contributed by atoms with van der Waals surface area (Å²) in [6, 6.07) is 3.34. The van der Waals surface area contributed by atoms with Crippen LogP contribution in [0, 0.1) is 0 Å². The summed E-state index contributed by atoms with van der Waals surface area (Å²) in [5.41, 5.74) is 1.43. The Balaban J connectivity index is 2.06. The molecule has 0 atom stereocenters. The van der Waals surface area contributed by atoms with E-state index in [1.807, 2.05) is 6.08 Å². The van der Waals surface area contributed by atoms with Crippen molar-refractivity contribution in [2.24, 2.45) is 0 Å². The van der Waals surface area contributed by atoms with Crippen molar-refractivity contribution < 1.29 is 17.9 Å². The average molecular weight is 332 g/mol. The van der Waals surface area contributed by atoms with Crippen LogP contribution in [0.4, 0.5) is 5.69 Å². The number of aromatic nitrogens is 1. The molecule has 1 saturated heterocycles. The smallest absolute Gasteiger partial charge is 0.334 e. The molecule has 1 aromatic heterocycles. The first-order valence-electron chi connectivity index (χ1n) is 7.17. The van der Waals surface area contributed by atoms with Gasteiger partial charge in [-0.25, -0.2) is 13.2 Å². The van der Waals surface area contributed by atoms with E-state index in [1.54, 1.807) is 24.4 Å². The van der Waals surface area contributed by atoms with Gasteiger partial charge >= 0.3 is 5.97 Å². The number of carbonyl (C=O) groups excluding carboxylic acids is 1. The van der Waals surface area contributed by atoms with Gasteiger partial charge in [-0.15, -0.1) is 0 Å². The van der Waals surface area contributed by atoms with Crippen LogP contribution in [0.15, 0.2) is 58.8 Å². The molecule has 0 amide bonds. The molecule has 0 saturated carbocycles. The van der Waals surface area contributed by atoms with Crippen LogP contribution in [0.5, 0.6) is 0 Å². The predicted octanol–water partition coefficient (Wildman–Crippen LogP) is 1.93. The van der Waals surface area contributed by atoms with Gasteiger partial charge in [0, 0.05) is 25.2 Å². The largest absolute Gasteiger partial charge is 0.462 e. The van der Waals surface area contributed by atoms with E-state index in [-0.39, 0.29) is 4.91 Å². The summed E-state index contributed by atoms with van der Waals surface area (Å²) in [5.74, 6) is -0.430. The number of carbonyl (C=O) groups is 1. The van der Waals surface area contributed by atoms with Gasteiger partial charge in [-0.1, -0.05) is 12.2 Å². The molecule has 0 N–H and O–H groups in total. The molecular weight excluding hydrogens is 316 g/mol. The lowest BCUT2D eigenvalue weighted by atomic mass is 10.00. The Kier molecular flexibility index (Phi) is 4.04. The number of nitrogens with zero attached hydrogens (tertiary/aromatic N) is 2. The number of allylic oxidation sites excluding steroid dienone is 4. The normalized spacial score (nSPS) is 21.1. The molecule has 23 heavy (non-hydrogen) atoms. The van der Waals surface area contributed by atoms with Crippen LogP contribution in [0.25, 0.3) is 0 Å². The Labute approximate surface area is 134 Å². The van der Waals surface area contributed by atoms with Crippen molar-refractivity contribution >= 4 is 21.7 Å². The highest BCUT2D eigenvalue weighted by Crippen LogP contribution is 2.34. The highest BCUT2D eigenvalue weighted by Gasteiger charge is 2.32. The zero-order valence-electron chi connectivity index (χ0n) is 12.6. The van der Waals surface area contributed by atoms with E-state index in [9.17, 15) is 13.2 Å². The van der Waals surface area contributed by atoms with Gasteiger partial charge in [0.25, 0.3) is 10.0 Å².